The predicted molar refractivity (Wildman–Crippen MR) is 92.6 cm³/mol. The lowest BCUT2D eigenvalue weighted by Crippen LogP contribution is -2.29. The molecular weight excluding hydrogens is 328 g/mol. The molecule has 24 heavy (non-hydrogen) atoms. The fraction of sp³-hybridized carbons (Fsp3) is 0.500. The monoisotopic (exact) mass is 352 g/mol. The van der Waals surface area contributed by atoms with E-state index in [1.807, 2.05) is 38.1 Å². The summed E-state index contributed by atoms with van der Waals surface area (Å²) >= 11 is 0. The van der Waals surface area contributed by atoms with E-state index >= 15 is 0 Å². The van der Waals surface area contributed by atoms with Crippen molar-refractivity contribution in [3.63, 3.8) is 0 Å². The van der Waals surface area contributed by atoms with Gasteiger partial charge in [0, 0.05) is 32.3 Å². The van der Waals surface area contributed by atoms with Crippen LogP contribution >= 0.6 is 0 Å². The Labute approximate surface area is 143 Å². The van der Waals surface area contributed by atoms with E-state index in [-0.39, 0.29) is 5.75 Å². The SMILES string of the molecule is COc1ccccc1C(C)(C)n1cc(CCS(=O)(=O)N(C)C)nn1. The molecule has 0 bridgehead atoms. The second-order valence-electron chi connectivity index (χ2n) is 6.26. The summed E-state index contributed by atoms with van der Waals surface area (Å²) in [5.41, 5.74) is 1.14. The number of hydrogen-bond acceptors (Lipinski definition) is 5. The third-order valence-corrected chi connectivity index (χ3v) is 5.88. The number of ether oxygens (including phenoxy) is 1. The molecule has 2 rings (SSSR count). The molecule has 0 N–H and O–H groups in total. The summed E-state index contributed by atoms with van der Waals surface area (Å²) in [6.07, 6.45) is 2.11. The molecule has 1 heterocycles. The highest BCUT2D eigenvalue weighted by Crippen LogP contribution is 2.32. The lowest BCUT2D eigenvalue weighted by molar-refractivity contribution is 0.347. The van der Waals surface area contributed by atoms with Crippen LogP contribution in [0.15, 0.2) is 30.5 Å². The number of methoxy groups -OCH3 is 1. The summed E-state index contributed by atoms with van der Waals surface area (Å²) in [5.74, 6) is 0.781. The van der Waals surface area contributed by atoms with Crippen molar-refractivity contribution in [2.75, 3.05) is 27.0 Å². The van der Waals surface area contributed by atoms with Crippen LogP contribution in [0.1, 0.15) is 25.1 Å². The zero-order valence-electron chi connectivity index (χ0n) is 14.7. The van der Waals surface area contributed by atoms with Crippen LogP contribution in [-0.4, -0.2) is 54.7 Å². The summed E-state index contributed by atoms with van der Waals surface area (Å²) in [6.45, 7) is 4.03. The first kappa shape index (κ1) is 18.4. The molecule has 1 aromatic carbocycles. The van der Waals surface area contributed by atoms with Crippen LogP contribution < -0.4 is 4.74 Å². The molecule has 0 unspecified atom stereocenters. The van der Waals surface area contributed by atoms with E-state index in [0.717, 1.165) is 11.3 Å². The smallest absolute Gasteiger partial charge is 0.213 e. The first-order chi connectivity index (χ1) is 11.2. The number of rotatable bonds is 7. The fourth-order valence-corrected chi connectivity index (χ4v) is 3.21. The highest BCUT2D eigenvalue weighted by molar-refractivity contribution is 7.89. The van der Waals surface area contributed by atoms with Crippen LogP contribution in [0.4, 0.5) is 0 Å². The summed E-state index contributed by atoms with van der Waals surface area (Å²) < 4.78 is 32.1. The summed E-state index contributed by atoms with van der Waals surface area (Å²) in [4.78, 5) is 0. The molecule has 8 heteroatoms. The third-order valence-electron chi connectivity index (χ3n) is 4.05. The molecule has 0 spiro atoms. The van der Waals surface area contributed by atoms with E-state index in [9.17, 15) is 8.42 Å². The largest absolute Gasteiger partial charge is 0.496 e. The van der Waals surface area contributed by atoms with Crippen LogP contribution in [0.5, 0.6) is 5.75 Å². The van der Waals surface area contributed by atoms with E-state index < -0.39 is 15.6 Å². The Balaban J connectivity index is 2.23. The first-order valence-corrected chi connectivity index (χ1v) is 9.25. The van der Waals surface area contributed by atoms with Crippen molar-refractivity contribution in [3.05, 3.63) is 41.7 Å². The van der Waals surface area contributed by atoms with Gasteiger partial charge in [-0.05, 0) is 19.9 Å². The van der Waals surface area contributed by atoms with Gasteiger partial charge in [0.05, 0.1) is 24.1 Å². The molecule has 2 aromatic rings. The van der Waals surface area contributed by atoms with Gasteiger partial charge in [-0.1, -0.05) is 23.4 Å². The van der Waals surface area contributed by atoms with Crippen molar-refractivity contribution in [2.45, 2.75) is 25.8 Å². The topological polar surface area (TPSA) is 77.3 Å². The predicted octanol–water partition coefficient (Wildman–Crippen LogP) is 1.50. The van der Waals surface area contributed by atoms with Gasteiger partial charge in [0.2, 0.25) is 10.0 Å². The Morgan fingerprint density at radius 2 is 1.92 bits per heavy atom. The number of nitrogens with zero attached hydrogens (tertiary/aromatic N) is 4. The summed E-state index contributed by atoms with van der Waals surface area (Å²) in [5, 5.41) is 8.30. The van der Waals surface area contributed by atoms with E-state index in [1.165, 1.54) is 18.4 Å². The first-order valence-electron chi connectivity index (χ1n) is 7.64. The second-order valence-corrected chi connectivity index (χ2v) is 8.56. The molecule has 0 saturated carbocycles. The molecule has 1 aromatic heterocycles. The number of aromatic nitrogens is 3. The zero-order valence-corrected chi connectivity index (χ0v) is 15.5. The molecule has 0 atom stereocenters. The Hall–Kier alpha value is -1.93. The zero-order chi connectivity index (χ0) is 18.0. The maximum atomic E-state index is 11.9. The van der Waals surface area contributed by atoms with Crippen LogP contribution in [0, 0.1) is 0 Å². The Kier molecular flexibility index (Phi) is 5.29. The molecule has 0 radical (unpaired) electrons. The van der Waals surface area contributed by atoms with Crippen LogP contribution in [0.2, 0.25) is 0 Å². The lowest BCUT2D eigenvalue weighted by atomic mass is 9.93. The van der Waals surface area contributed by atoms with Crippen molar-refractivity contribution in [3.8, 4) is 5.75 Å². The quantitative estimate of drug-likeness (QED) is 0.755. The molecular formula is C16H24N4O3S. The minimum absolute atomic E-state index is 0.00772. The number of hydrogen-bond donors (Lipinski definition) is 0. The van der Waals surface area contributed by atoms with Crippen LogP contribution in [0.3, 0.4) is 0 Å². The van der Waals surface area contributed by atoms with Crippen LogP contribution in [0.25, 0.3) is 0 Å². The Bertz CT molecular complexity index is 797. The van der Waals surface area contributed by atoms with Crippen molar-refractivity contribution < 1.29 is 13.2 Å². The number of sulfonamides is 1. The minimum atomic E-state index is -3.25. The molecule has 132 valence electrons. The van der Waals surface area contributed by atoms with Gasteiger partial charge in [0.15, 0.2) is 0 Å². The van der Waals surface area contributed by atoms with Crippen molar-refractivity contribution >= 4 is 10.0 Å². The summed E-state index contributed by atoms with van der Waals surface area (Å²) in [7, 11) is 1.43. The number of para-hydroxylation sites is 1. The molecule has 0 aliphatic carbocycles. The second kappa shape index (κ2) is 6.90. The van der Waals surface area contributed by atoms with Gasteiger partial charge in [-0.3, -0.25) is 0 Å². The van der Waals surface area contributed by atoms with E-state index in [4.69, 9.17) is 4.74 Å². The third kappa shape index (κ3) is 3.76. The maximum absolute atomic E-state index is 11.9. The molecule has 7 nitrogen and oxygen atoms in total. The molecule has 0 amide bonds. The van der Waals surface area contributed by atoms with Gasteiger partial charge in [-0.25, -0.2) is 17.4 Å². The number of benzene rings is 1. The van der Waals surface area contributed by atoms with Gasteiger partial charge >= 0.3 is 0 Å². The fourth-order valence-electron chi connectivity index (χ4n) is 2.38. The molecule has 0 aliphatic heterocycles. The van der Waals surface area contributed by atoms with Gasteiger partial charge in [0.1, 0.15) is 5.75 Å². The average Bonchev–Trinajstić information content (AvgIpc) is 3.02. The van der Waals surface area contributed by atoms with Crippen molar-refractivity contribution in [1.29, 1.82) is 0 Å². The summed E-state index contributed by atoms with van der Waals surface area (Å²) in [6, 6.07) is 7.74. The highest BCUT2D eigenvalue weighted by Gasteiger charge is 2.28. The molecule has 0 saturated heterocycles. The van der Waals surface area contributed by atoms with Gasteiger partial charge < -0.3 is 4.74 Å². The van der Waals surface area contributed by atoms with Gasteiger partial charge in [-0.15, -0.1) is 5.10 Å². The molecule has 0 aliphatic rings. The van der Waals surface area contributed by atoms with E-state index in [0.29, 0.717) is 12.1 Å². The minimum Gasteiger partial charge on any atom is -0.496 e. The van der Waals surface area contributed by atoms with Crippen molar-refractivity contribution in [1.82, 2.24) is 19.3 Å². The standard InChI is InChI=1S/C16H24N4O3S/c1-16(2,14-8-6-7-9-15(14)23-5)20-12-13(17-18-20)10-11-24(21,22)19(3)4/h6-9,12H,10-11H2,1-5H3. The Morgan fingerprint density at radius 3 is 2.54 bits per heavy atom. The normalized spacial score (nSPS) is 12.6. The Morgan fingerprint density at radius 1 is 1.25 bits per heavy atom. The average molecular weight is 352 g/mol. The van der Waals surface area contributed by atoms with Crippen LogP contribution in [-0.2, 0) is 22.0 Å². The van der Waals surface area contributed by atoms with Gasteiger partial charge in [-0.2, -0.15) is 0 Å². The van der Waals surface area contributed by atoms with Gasteiger partial charge in [0.25, 0.3) is 0 Å². The molecule has 0 fully saturated rings. The van der Waals surface area contributed by atoms with E-state index in [1.54, 1.807) is 18.0 Å². The highest BCUT2D eigenvalue weighted by atomic mass is 32.2. The van der Waals surface area contributed by atoms with E-state index in [2.05, 4.69) is 10.3 Å². The lowest BCUT2D eigenvalue weighted by Gasteiger charge is -2.27. The number of aryl methyl sites for hydroxylation is 1. The van der Waals surface area contributed by atoms with Crippen molar-refractivity contribution in [2.24, 2.45) is 0 Å². The maximum Gasteiger partial charge on any atom is 0.213 e.